The van der Waals surface area contributed by atoms with Crippen LogP contribution in [0.3, 0.4) is 0 Å². The third kappa shape index (κ3) is 5.73. The normalized spacial score (nSPS) is 11.7. The molecule has 0 atom stereocenters. The first-order valence-corrected chi connectivity index (χ1v) is 10.1. The van der Waals surface area contributed by atoms with Crippen molar-refractivity contribution in [2.75, 3.05) is 0 Å². The lowest BCUT2D eigenvalue weighted by Crippen LogP contribution is -2.10. The third-order valence-electron chi connectivity index (χ3n) is 4.36. The molecule has 2 aromatic carbocycles. The van der Waals surface area contributed by atoms with Gasteiger partial charge in [-0.05, 0) is 41.7 Å². The fourth-order valence-electron chi connectivity index (χ4n) is 2.62. The van der Waals surface area contributed by atoms with Gasteiger partial charge in [0.25, 0.3) is 0 Å². The minimum absolute atomic E-state index is 0.0249. The maximum absolute atomic E-state index is 13.3. The zero-order valence-electron chi connectivity index (χ0n) is 16.3. The molecule has 0 unspecified atom stereocenters. The van der Waals surface area contributed by atoms with Crippen molar-refractivity contribution in [3.63, 3.8) is 0 Å². The second-order valence-corrected chi connectivity index (χ2v) is 7.86. The number of benzene rings is 2. The van der Waals surface area contributed by atoms with Gasteiger partial charge in [-0.1, -0.05) is 62.0 Å². The van der Waals surface area contributed by atoms with Crippen LogP contribution in [0, 0.1) is 6.92 Å². The Morgan fingerprint density at radius 2 is 1.69 bits per heavy atom. The predicted molar refractivity (Wildman–Crippen MR) is 108 cm³/mol. The first kappa shape index (κ1) is 21.2. The fourth-order valence-corrected chi connectivity index (χ4v) is 3.55. The summed E-state index contributed by atoms with van der Waals surface area (Å²) in [4.78, 5) is 7.85. The van der Waals surface area contributed by atoms with Crippen LogP contribution in [0.15, 0.2) is 59.8 Å². The monoisotopic (exact) mass is 418 g/mol. The Labute approximate surface area is 172 Å². The highest BCUT2D eigenvalue weighted by Gasteiger charge is 2.34. The van der Waals surface area contributed by atoms with Gasteiger partial charge in [-0.3, -0.25) is 0 Å². The molecule has 0 saturated heterocycles. The van der Waals surface area contributed by atoms with Gasteiger partial charge in [0, 0.05) is 11.8 Å². The number of aromatic nitrogens is 2. The van der Waals surface area contributed by atoms with Crippen LogP contribution in [0.2, 0.25) is 0 Å². The number of hydrogen-bond donors (Lipinski definition) is 0. The maximum Gasteiger partial charge on any atom is 0.433 e. The molecule has 0 aliphatic carbocycles. The summed E-state index contributed by atoms with van der Waals surface area (Å²) < 4.78 is 45.5. The highest BCUT2D eigenvalue weighted by Crippen LogP contribution is 2.33. The number of nitrogens with zero attached hydrogens (tertiary/aromatic N) is 2. The van der Waals surface area contributed by atoms with E-state index >= 15 is 0 Å². The van der Waals surface area contributed by atoms with Crippen molar-refractivity contribution in [1.82, 2.24) is 9.97 Å². The number of alkyl halides is 3. The minimum Gasteiger partial charge on any atom is -0.439 e. The van der Waals surface area contributed by atoms with Crippen molar-refractivity contribution in [3.05, 3.63) is 77.0 Å². The SMILES string of the molecule is Cc1ccccc1CSc1nc(Oc2ccc(C(C)C)cc2)cc(C(F)(F)F)n1. The molecule has 3 rings (SSSR count). The lowest BCUT2D eigenvalue weighted by molar-refractivity contribution is -0.141. The second-order valence-electron chi connectivity index (χ2n) is 6.91. The molecule has 0 aliphatic heterocycles. The summed E-state index contributed by atoms with van der Waals surface area (Å²) in [6.07, 6.45) is -4.58. The molecule has 0 fully saturated rings. The van der Waals surface area contributed by atoms with E-state index in [1.54, 1.807) is 12.1 Å². The van der Waals surface area contributed by atoms with Crippen LogP contribution >= 0.6 is 11.8 Å². The zero-order valence-corrected chi connectivity index (χ0v) is 17.1. The van der Waals surface area contributed by atoms with Gasteiger partial charge in [-0.15, -0.1) is 0 Å². The quantitative estimate of drug-likeness (QED) is 0.318. The van der Waals surface area contributed by atoms with Crippen molar-refractivity contribution >= 4 is 11.8 Å². The van der Waals surface area contributed by atoms with E-state index < -0.39 is 11.9 Å². The summed E-state index contributed by atoms with van der Waals surface area (Å²) in [5, 5.41) is 0.0249. The maximum atomic E-state index is 13.3. The molecule has 1 aromatic heterocycles. The smallest absolute Gasteiger partial charge is 0.433 e. The van der Waals surface area contributed by atoms with E-state index in [9.17, 15) is 13.2 Å². The summed E-state index contributed by atoms with van der Waals surface area (Å²) in [6.45, 7) is 6.08. The molecule has 0 saturated carbocycles. The molecule has 0 spiro atoms. The Morgan fingerprint density at radius 1 is 1.00 bits per heavy atom. The van der Waals surface area contributed by atoms with Crippen LogP contribution in [0.1, 0.15) is 42.1 Å². The van der Waals surface area contributed by atoms with Gasteiger partial charge in [-0.2, -0.15) is 18.2 Å². The molecule has 152 valence electrons. The van der Waals surface area contributed by atoms with Crippen molar-refractivity contribution < 1.29 is 17.9 Å². The van der Waals surface area contributed by atoms with Crippen LogP contribution in [-0.2, 0) is 11.9 Å². The van der Waals surface area contributed by atoms with Gasteiger partial charge in [0.1, 0.15) is 5.75 Å². The van der Waals surface area contributed by atoms with Gasteiger partial charge >= 0.3 is 6.18 Å². The molecule has 0 aliphatic rings. The van der Waals surface area contributed by atoms with Crippen LogP contribution < -0.4 is 4.74 Å². The van der Waals surface area contributed by atoms with Crippen molar-refractivity contribution in [3.8, 4) is 11.6 Å². The van der Waals surface area contributed by atoms with E-state index in [4.69, 9.17) is 4.74 Å². The molecule has 0 bridgehead atoms. The third-order valence-corrected chi connectivity index (χ3v) is 5.26. The van der Waals surface area contributed by atoms with Crippen LogP contribution in [0.5, 0.6) is 11.6 Å². The Hall–Kier alpha value is -2.54. The molecule has 3 aromatic rings. The molecule has 29 heavy (non-hydrogen) atoms. The lowest BCUT2D eigenvalue weighted by Gasteiger charge is -2.12. The Kier molecular flexibility index (Phi) is 6.47. The Bertz CT molecular complexity index is 973. The number of aryl methyl sites for hydroxylation is 1. The molecule has 0 N–H and O–H groups in total. The highest BCUT2D eigenvalue weighted by molar-refractivity contribution is 7.98. The van der Waals surface area contributed by atoms with E-state index in [0.29, 0.717) is 17.4 Å². The summed E-state index contributed by atoms with van der Waals surface area (Å²) in [6, 6.07) is 15.8. The topological polar surface area (TPSA) is 35.0 Å². The minimum atomic E-state index is -4.58. The van der Waals surface area contributed by atoms with E-state index in [0.717, 1.165) is 34.5 Å². The molecule has 0 radical (unpaired) electrons. The van der Waals surface area contributed by atoms with E-state index in [-0.39, 0.29) is 11.0 Å². The summed E-state index contributed by atoms with van der Waals surface area (Å²) in [5.74, 6) is 1.12. The molecular formula is C22H21F3N2OS. The average Bonchev–Trinajstić information content (AvgIpc) is 2.67. The Balaban J connectivity index is 1.84. The molecule has 7 heteroatoms. The molecule has 3 nitrogen and oxygen atoms in total. The van der Waals surface area contributed by atoms with Crippen LogP contribution in [-0.4, -0.2) is 9.97 Å². The van der Waals surface area contributed by atoms with Gasteiger partial charge in [0.15, 0.2) is 10.9 Å². The average molecular weight is 418 g/mol. The molecule has 1 heterocycles. The van der Waals surface area contributed by atoms with Crippen molar-refractivity contribution in [2.24, 2.45) is 0 Å². The summed E-state index contributed by atoms with van der Waals surface area (Å²) >= 11 is 1.15. The molecule has 0 amide bonds. The predicted octanol–water partition coefficient (Wildman–Crippen LogP) is 7.01. The first-order valence-electron chi connectivity index (χ1n) is 9.14. The van der Waals surface area contributed by atoms with Crippen LogP contribution in [0.25, 0.3) is 0 Å². The standard InChI is InChI=1S/C22H21F3N2OS/c1-14(2)16-8-10-18(11-9-16)28-20-12-19(22(23,24)25)26-21(27-20)29-13-17-7-5-4-6-15(17)3/h4-12,14H,13H2,1-3H3. The highest BCUT2D eigenvalue weighted by atomic mass is 32.2. The largest absolute Gasteiger partial charge is 0.439 e. The number of ether oxygens (including phenoxy) is 1. The van der Waals surface area contributed by atoms with Crippen molar-refractivity contribution in [1.29, 1.82) is 0 Å². The number of rotatable bonds is 6. The fraction of sp³-hybridized carbons (Fsp3) is 0.273. The second kappa shape index (κ2) is 8.86. The number of thioether (sulfide) groups is 1. The van der Waals surface area contributed by atoms with Gasteiger partial charge in [0.05, 0.1) is 0 Å². The zero-order chi connectivity index (χ0) is 21.0. The summed E-state index contributed by atoms with van der Waals surface area (Å²) in [7, 11) is 0. The number of hydrogen-bond acceptors (Lipinski definition) is 4. The van der Waals surface area contributed by atoms with E-state index in [1.165, 1.54) is 0 Å². The van der Waals surface area contributed by atoms with Gasteiger partial charge in [0.2, 0.25) is 5.88 Å². The van der Waals surface area contributed by atoms with Crippen molar-refractivity contribution in [2.45, 2.75) is 43.8 Å². The molecular weight excluding hydrogens is 397 g/mol. The number of halogens is 3. The van der Waals surface area contributed by atoms with Gasteiger partial charge in [-0.25, -0.2) is 4.98 Å². The lowest BCUT2D eigenvalue weighted by atomic mass is 10.0. The first-order chi connectivity index (χ1) is 13.7. The van der Waals surface area contributed by atoms with E-state index in [2.05, 4.69) is 23.8 Å². The van der Waals surface area contributed by atoms with E-state index in [1.807, 2.05) is 43.3 Å². The van der Waals surface area contributed by atoms with Gasteiger partial charge < -0.3 is 4.74 Å². The Morgan fingerprint density at radius 3 is 2.31 bits per heavy atom. The summed E-state index contributed by atoms with van der Waals surface area (Å²) in [5.41, 5.74) is 2.18. The van der Waals surface area contributed by atoms with Crippen LogP contribution in [0.4, 0.5) is 13.2 Å².